The predicted molar refractivity (Wildman–Crippen MR) is 62.8 cm³/mol. The van der Waals surface area contributed by atoms with Crippen LogP contribution < -0.4 is 4.74 Å². The molecule has 1 aliphatic rings. The molecule has 4 heteroatoms. The zero-order valence-corrected chi connectivity index (χ0v) is 10.1. The van der Waals surface area contributed by atoms with E-state index in [-0.39, 0.29) is 18.6 Å². The smallest absolute Gasteiger partial charge is 0.184 e. The van der Waals surface area contributed by atoms with E-state index in [2.05, 4.69) is 0 Å². The Bertz CT molecular complexity index is 349. The summed E-state index contributed by atoms with van der Waals surface area (Å²) < 4.78 is 16.4. The van der Waals surface area contributed by atoms with Gasteiger partial charge in [-0.25, -0.2) is 0 Å². The molecule has 3 atom stereocenters. The third-order valence-corrected chi connectivity index (χ3v) is 3.01. The Labute approximate surface area is 101 Å². The van der Waals surface area contributed by atoms with Crippen molar-refractivity contribution in [2.24, 2.45) is 5.92 Å². The van der Waals surface area contributed by atoms with Crippen LogP contribution in [0.2, 0.25) is 0 Å². The van der Waals surface area contributed by atoms with E-state index in [1.54, 1.807) is 7.11 Å². The number of methoxy groups -OCH3 is 1. The van der Waals surface area contributed by atoms with Crippen molar-refractivity contribution in [3.05, 3.63) is 29.8 Å². The molecule has 1 fully saturated rings. The standard InChI is InChI=1S/C13H18O4/c1-9-8-16-13(17-12(9)7-14)10-3-5-11(15-2)6-4-10/h3-6,9,12-14H,7-8H2,1-2H3/t9-,12-,13+/m1/s1. The Morgan fingerprint density at radius 1 is 1.35 bits per heavy atom. The first-order valence-corrected chi connectivity index (χ1v) is 5.76. The lowest BCUT2D eigenvalue weighted by Crippen LogP contribution is -2.36. The highest BCUT2D eigenvalue weighted by atomic mass is 16.7. The number of hydrogen-bond acceptors (Lipinski definition) is 4. The van der Waals surface area contributed by atoms with Crippen LogP contribution in [0, 0.1) is 5.92 Å². The van der Waals surface area contributed by atoms with Gasteiger partial charge in [0.1, 0.15) is 5.75 Å². The third-order valence-electron chi connectivity index (χ3n) is 3.01. The van der Waals surface area contributed by atoms with E-state index < -0.39 is 6.29 Å². The summed E-state index contributed by atoms with van der Waals surface area (Å²) in [6.45, 7) is 2.63. The van der Waals surface area contributed by atoms with Crippen LogP contribution in [0.25, 0.3) is 0 Å². The van der Waals surface area contributed by atoms with Crippen molar-refractivity contribution in [1.82, 2.24) is 0 Å². The molecule has 17 heavy (non-hydrogen) atoms. The molecular formula is C13H18O4. The molecule has 1 aliphatic heterocycles. The second-order valence-electron chi connectivity index (χ2n) is 4.27. The molecule has 0 amide bonds. The molecular weight excluding hydrogens is 220 g/mol. The number of aliphatic hydroxyl groups excluding tert-OH is 1. The minimum atomic E-state index is -0.394. The van der Waals surface area contributed by atoms with E-state index in [0.717, 1.165) is 11.3 Å². The molecule has 0 radical (unpaired) electrons. The fourth-order valence-corrected chi connectivity index (χ4v) is 1.84. The number of benzene rings is 1. The lowest BCUT2D eigenvalue weighted by Gasteiger charge is -2.34. The van der Waals surface area contributed by atoms with Gasteiger partial charge in [0.15, 0.2) is 6.29 Å². The minimum Gasteiger partial charge on any atom is -0.497 e. The van der Waals surface area contributed by atoms with Gasteiger partial charge >= 0.3 is 0 Å². The van der Waals surface area contributed by atoms with Crippen LogP contribution in [0.3, 0.4) is 0 Å². The zero-order valence-electron chi connectivity index (χ0n) is 10.1. The van der Waals surface area contributed by atoms with Crippen LogP contribution >= 0.6 is 0 Å². The summed E-state index contributed by atoms with van der Waals surface area (Å²) in [6.07, 6.45) is -0.551. The number of ether oxygens (including phenoxy) is 3. The number of hydrogen-bond donors (Lipinski definition) is 1. The molecule has 1 saturated heterocycles. The Balaban J connectivity index is 2.06. The Kier molecular flexibility index (Phi) is 3.99. The van der Waals surface area contributed by atoms with Gasteiger partial charge in [-0.1, -0.05) is 19.1 Å². The van der Waals surface area contributed by atoms with Crippen LogP contribution in [-0.4, -0.2) is 31.5 Å². The molecule has 4 nitrogen and oxygen atoms in total. The van der Waals surface area contributed by atoms with Gasteiger partial charge in [-0.05, 0) is 12.1 Å². The molecule has 1 N–H and O–H groups in total. The van der Waals surface area contributed by atoms with E-state index in [9.17, 15) is 5.11 Å². The van der Waals surface area contributed by atoms with Crippen molar-refractivity contribution in [1.29, 1.82) is 0 Å². The summed E-state index contributed by atoms with van der Waals surface area (Å²) in [5.41, 5.74) is 0.941. The van der Waals surface area contributed by atoms with Crippen molar-refractivity contribution >= 4 is 0 Å². The van der Waals surface area contributed by atoms with Gasteiger partial charge in [-0.2, -0.15) is 0 Å². The lowest BCUT2D eigenvalue weighted by molar-refractivity contribution is -0.245. The molecule has 2 rings (SSSR count). The maximum Gasteiger partial charge on any atom is 0.184 e. The molecule has 0 aromatic heterocycles. The Morgan fingerprint density at radius 3 is 2.65 bits per heavy atom. The largest absolute Gasteiger partial charge is 0.497 e. The van der Waals surface area contributed by atoms with E-state index >= 15 is 0 Å². The average Bonchev–Trinajstić information content (AvgIpc) is 2.39. The van der Waals surface area contributed by atoms with E-state index in [0.29, 0.717) is 6.61 Å². The highest BCUT2D eigenvalue weighted by molar-refractivity contribution is 5.27. The maximum absolute atomic E-state index is 9.21. The second-order valence-corrected chi connectivity index (χ2v) is 4.27. The third kappa shape index (κ3) is 2.77. The van der Waals surface area contributed by atoms with Crippen LogP contribution in [0.4, 0.5) is 0 Å². The monoisotopic (exact) mass is 238 g/mol. The molecule has 0 aliphatic carbocycles. The molecule has 94 valence electrons. The Hall–Kier alpha value is -1.10. The topological polar surface area (TPSA) is 47.9 Å². The highest BCUT2D eigenvalue weighted by Gasteiger charge is 2.29. The molecule has 1 aromatic carbocycles. The maximum atomic E-state index is 9.21. The van der Waals surface area contributed by atoms with E-state index in [1.807, 2.05) is 31.2 Å². The van der Waals surface area contributed by atoms with E-state index in [4.69, 9.17) is 14.2 Å². The van der Waals surface area contributed by atoms with Gasteiger partial charge < -0.3 is 19.3 Å². The van der Waals surface area contributed by atoms with Gasteiger partial charge in [0.25, 0.3) is 0 Å². The molecule has 0 spiro atoms. The summed E-state index contributed by atoms with van der Waals surface area (Å²) in [5.74, 6) is 1.02. The summed E-state index contributed by atoms with van der Waals surface area (Å²) >= 11 is 0. The van der Waals surface area contributed by atoms with Gasteiger partial charge in [-0.3, -0.25) is 0 Å². The summed E-state index contributed by atoms with van der Waals surface area (Å²) in [5, 5.41) is 9.21. The van der Waals surface area contributed by atoms with Crippen molar-refractivity contribution in [2.75, 3.05) is 20.3 Å². The first-order valence-electron chi connectivity index (χ1n) is 5.76. The van der Waals surface area contributed by atoms with Crippen LogP contribution in [-0.2, 0) is 9.47 Å². The number of aliphatic hydroxyl groups is 1. The van der Waals surface area contributed by atoms with Crippen molar-refractivity contribution in [2.45, 2.75) is 19.3 Å². The zero-order chi connectivity index (χ0) is 12.3. The SMILES string of the molecule is COc1ccc([C@H]2OC[C@@H](C)[C@@H](CO)O2)cc1. The van der Waals surface area contributed by atoms with Crippen LogP contribution in [0.15, 0.2) is 24.3 Å². The van der Waals surface area contributed by atoms with Crippen molar-refractivity contribution < 1.29 is 19.3 Å². The highest BCUT2D eigenvalue weighted by Crippen LogP contribution is 2.29. The van der Waals surface area contributed by atoms with Crippen molar-refractivity contribution in [3.63, 3.8) is 0 Å². The minimum absolute atomic E-state index is 0.0250. The molecule has 1 aromatic rings. The molecule has 0 saturated carbocycles. The summed E-state index contributed by atoms with van der Waals surface area (Å²) in [7, 11) is 1.63. The number of rotatable bonds is 3. The van der Waals surface area contributed by atoms with Crippen LogP contribution in [0.1, 0.15) is 18.8 Å². The molecule has 0 unspecified atom stereocenters. The van der Waals surface area contributed by atoms with Crippen LogP contribution in [0.5, 0.6) is 5.75 Å². The Morgan fingerprint density at radius 2 is 2.06 bits per heavy atom. The van der Waals surface area contributed by atoms with E-state index in [1.165, 1.54) is 0 Å². The van der Waals surface area contributed by atoms with Gasteiger partial charge in [0.2, 0.25) is 0 Å². The van der Waals surface area contributed by atoms with Gasteiger partial charge in [-0.15, -0.1) is 0 Å². The first-order chi connectivity index (χ1) is 8.24. The fraction of sp³-hybridized carbons (Fsp3) is 0.538. The van der Waals surface area contributed by atoms with Crippen molar-refractivity contribution in [3.8, 4) is 5.75 Å². The van der Waals surface area contributed by atoms with Gasteiger partial charge in [0, 0.05) is 11.5 Å². The summed E-state index contributed by atoms with van der Waals surface area (Å²) in [6, 6.07) is 7.56. The molecule has 1 heterocycles. The molecule has 0 bridgehead atoms. The predicted octanol–water partition coefficient (Wildman–Crippen LogP) is 1.74. The summed E-state index contributed by atoms with van der Waals surface area (Å²) in [4.78, 5) is 0. The first kappa shape index (κ1) is 12.4. The second kappa shape index (κ2) is 5.49. The lowest BCUT2D eigenvalue weighted by atomic mass is 10.0. The quantitative estimate of drug-likeness (QED) is 0.871. The fourth-order valence-electron chi connectivity index (χ4n) is 1.84. The average molecular weight is 238 g/mol. The van der Waals surface area contributed by atoms with Gasteiger partial charge in [0.05, 0.1) is 26.4 Å². The normalized spacial score (nSPS) is 29.0.